The minimum absolute atomic E-state index is 0.109. The first-order valence-electron chi connectivity index (χ1n) is 47.6. The molecule has 19 heteroatoms. The summed E-state index contributed by atoms with van der Waals surface area (Å²) >= 11 is 0. The predicted octanol–water partition coefficient (Wildman–Crippen LogP) is 28.6. The third-order valence-electron chi connectivity index (χ3n) is 22.4. The fourth-order valence-electron chi connectivity index (χ4n) is 14.4. The molecule has 0 radical (unpaired) electrons. The zero-order chi connectivity index (χ0) is 81.3. The first kappa shape index (κ1) is 109. The van der Waals surface area contributed by atoms with Gasteiger partial charge in [-0.15, -0.1) is 0 Å². The molecule has 0 bridgehead atoms. The van der Waals surface area contributed by atoms with Gasteiger partial charge in [-0.05, 0) is 37.5 Å². The van der Waals surface area contributed by atoms with Crippen LogP contribution in [0.25, 0.3) is 0 Å². The number of esters is 4. The quantitative estimate of drug-likeness (QED) is 0.0222. The molecular formula is C92H180O17P2. The summed E-state index contributed by atoms with van der Waals surface area (Å²) in [5.41, 5.74) is 0. The second kappa shape index (κ2) is 83.1. The molecular weight excluding hydrogens is 1440 g/mol. The van der Waals surface area contributed by atoms with Crippen LogP contribution in [0.4, 0.5) is 0 Å². The number of rotatable bonds is 91. The van der Waals surface area contributed by atoms with Gasteiger partial charge >= 0.3 is 39.5 Å². The molecule has 0 aromatic heterocycles. The lowest BCUT2D eigenvalue weighted by molar-refractivity contribution is -0.161. The minimum Gasteiger partial charge on any atom is -0.462 e. The molecule has 0 fully saturated rings. The maximum absolute atomic E-state index is 13.2. The molecule has 111 heavy (non-hydrogen) atoms. The number of phosphoric ester groups is 2. The van der Waals surface area contributed by atoms with Crippen molar-refractivity contribution in [3.63, 3.8) is 0 Å². The Balaban J connectivity index is 5.23. The highest BCUT2D eigenvalue weighted by molar-refractivity contribution is 7.47. The Morgan fingerprint density at radius 2 is 0.432 bits per heavy atom. The lowest BCUT2D eigenvalue weighted by Gasteiger charge is -2.21. The molecule has 0 aliphatic rings. The van der Waals surface area contributed by atoms with E-state index in [4.69, 9.17) is 37.0 Å². The summed E-state index contributed by atoms with van der Waals surface area (Å²) in [6.45, 7) is 9.85. The molecule has 0 aliphatic heterocycles. The van der Waals surface area contributed by atoms with E-state index < -0.39 is 97.5 Å². The number of unbranched alkanes of at least 4 members (excludes halogenated alkanes) is 59. The van der Waals surface area contributed by atoms with Crippen molar-refractivity contribution in [1.29, 1.82) is 0 Å². The lowest BCUT2D eigenvalue weighted by Crippen LogP contribution is -2.30. The van der Waals surface area contributed by atoms with Gasteiger partial charge in [0.1, 0.15) is 19.3 Å². The summed E-state index contributed by atoms with van der Waals surface area (Å²) in [4.78, 5) is 73.4. The van der Waals surface area contributed by atoms with Gasteiger partial charge < -0.3 is 33.8 Å². The number of carbonyl (C=O) groups excluding carboxylic acids is 4. The Morgan fingerprint density at radius 1 is 0.252 bits per heavy atom. The highest BCUT2D eigenvalue weighted by Gasteiger charge is 2.31. The second-order valence-corrected chi connectivity index (χ2v) is 36.4. The molecule has 0 heterocycles. The van der Waals surface area contributed by atoms with Crippen LogP contribution in [0.15, 0.2) is 0 Å². The SMILES string of the molecule is CCCCCCCCCCCCCCCCCC(=O)O[C@H](COC(=O)CCCCCCCCCCCCCC)COP(=O)(O)OC[C@H](O)COP(=O)(O)OC[C@@H](COC(=O)CCCCCCCCCCCCCCCCCCCCC(C)CC)OC(=O)CCCCCCCCCCCCCCCCCCCCC(C)CC. The van der Waals surface area contributed by atoms with E-state index >= 15 is 0 Å². The largest absolute Gasteiger partial charge is 0.472 e. The van der Waals surface area contributed by atoms with Gasteiger partial charge in [0.2, 0.25) is 0 Å². The summed E-state index contributed by atoms with van der Waals surface area (Å²) in [6, 6.07) is 0. The highest BCUT2D eigenvalue weighted by atomic mass is 31.2. The van der Waals surface area contributed by atoms with Gasteiger partial charge in [0.05, 0.1) is 26.4 Å². The third-order valence-corrected chi connectivity index (χ3v) is 24.3. The van der Waals surface area contributed by atoms with Gasteiger partial charge in [-0.2, -0.15) is 0 Å². The van der Waals surface area contributed by atoms with Crippen LogP contribution in [0, 0.1) is 11.8 Å². The number of aliphatic hydroxyl groups excluding tert-OH is 1. The zero-order valence-corrected chi connectivity index (χ0v) is 75.1. The Morgan fingerprint density at radius 3 is 0.640 bits per heavy atom. The van der Waals surface area contributed by atoms with Crippen LogP contribution >= 0.6 is 15.6 Å². The van der Waals surface area contributed by atoms with Crippen molar-refractivity contribution in [2.45, 2.75) is 516 Å². The Hall–Kier alpha value is -1.94. The Labute approximate surface area is 683 Å². The van der Waals surface area contributed by atoms with E-state index in [0.717, 1.165) is 102 Å². The topological polar surface area (TPSA) is 237 Å². The minimum atomic E-state index is -4.97. The summed E-state index contributed by atoms with van der Waals surface area (Å²) in [7, 11) is -9.94. The molecule has 0 saturated heterocycles. The number of aliphatic hydroxyl groups is 1. The van der Waals surface area contributed by atoms with Crippen molar-refractivity contribution < 1.29 is 80.2 Å². The smallest absolute Gasteiger partial charge is 0.462 e. The number of carbonyl (C=O) groups is 4. The van der Waals surface area contributed by atoms with Crippen molar-refractivity contribution >= 4 is 39.5 Å². The van der Waals surface area contributed by atoms with Crippen LogP contribution in [0.3, 0.4) is 0 Å². The standard InChI is InChI=1S/C92H180O17P2/c1-7-11-13-15-17-19-21-23-32-40-46-52-58-64-70-76-91(96)108-87(80-102-89(94)74-68-62-56-50-44-22-20-18-16-14-12-8-2)82-106-110(98,99)104-78-86(93)79-105-111(100,101)107-83-88(109-92(97)77-71-65-59-53-47-41-36-31-27-25-29-34-38-43-49-55-61-67-73-85(6)10-4)81-103-90(95)75-69-63-57-51-45-39-35-30-26-24-28-33-37-42-48-54-60-66-72-84(5)9-3/h84-88,93H,7-83H2,1-6H3,(H,98,99)(H,100,101)/t84?,85?,86-,87+,88+/m0/s1. The van der Waals surface area contributed by atoms with Gasteiger partial charge in [0.25, 0.3) is 0 Å². The van der Waals surface area contributed by atoms with Crippen LogP contribution in [0.5, 0.6) is 0 Å². The molecule has 0 aromatic carbocycles. The van der Waals surface area contributed by atoms with Crippen molar-refractivity contribution in [2.75, 3.05) is 39.6 Å². The summed E-state index contributed by atoms with van der Waals surface area (Å²) in [6.07, 6.45) is 77.7. The molecule has 0 aliphatic carbocycles. The normalized spacial score (nSPS) is 14.2. The van der Waals surface area contributed by atoms with Gasteiger partial charge in [-0.1, -0.05) is 446 Å². The number of hydrogen-bond acceptors (Lipinski definition) is 15. The van der Waals surface area contributed by atoms with Gasteiger partial charge in [-0.3, -0.25) is 37.3 Å². The van der Waals surface area contributed by atoms with E-state index in [1.807, 2.05) is 0 Å². The average Bonchev–Trinajstić information content (AvgIpc) is 0.895. The Kier molecular flexibility index (Phi) is 81.7. The summed E-state index contributed by atoms with van der Waals surface area (Å²) < 4.78 is 69.1. The fraction of sp³-hybridized carbons (Fsp3) is 0.957. The monoisotopic (exact) mass is 1620 g/mol. The van der Waals surface area contributed by atoms with E-state index in [2.05, 4.69) is 41.5 Å². The first-order chi connectivity index (χ1) is 53.9. The van der Waals surface area contributed by atoms with Crippen molar-refractivity contribution in [3.05, 3.63) is 0 Å². The number of ether oxygens (including phenoxy) is 4. The first-order valence-corrected chi connectivity index (χ1v) is 50.6. The molecule has 0 saturated carbocycles. The molecule has 0 spiro atoms. The van der Waals surface area contributed by atoms with Crippen molar-refractivity contribution in [1.82, 2.24) is 0 Å². The zero-order valence-electron chi connectivity index (χ0n) is 73.3. The van der Waals surface area contributed by atoms with E-state index in [1.54, 1.807) is 0 Å². The number of hydrogen-bond donors (Lipinski definition) is 3. The van der Waals surface area contributed by atoms with Crippen molar-refractivity contribution in [2.24, 2.45) is 11.8 Å². The Bertz CT molecular complexity index is 2120. The van der Waals surface area contributed by atoms with E-state index in [-0.39, 0.29) is 25.7 Å². The average molecular weight is 1620 g/mol. The second-order valence-electron chi connectivity index (χ2n) is 33.5. The van der Waals surface area contributed by atoms with E-state index in [1.165, 1.54) is 315 Å². The summed E-state index contributed by atoms with van der Waals surface area (Å²) in [5.74, 6) is -0.348. The summed E-state index contributed by atoms with van der Waals surface area (Å²) in [5, 5.41) is 10.7. The molecule has 3 N–H and O–H groups in total. The lowest BCUT2D eigenvalue weighted by atomic mass is 9.99. The van der Waals surface area contributed by atoms with E-state index in [9.17, 15) is 43.2 Å². The maximum Gasteiger partial charge on any atom is 0.472 e. The van der Waals surface area contributed by atoms with Gasteiger partial charge in [0, 0.05) is 25.7 Å². The van der Waals surface area contributed by atoms with Crippen LogP contribution in [-0.2, 0) is 65.4 Å². The molecule has 0 amide bonds. The van der Waals surface area contributed by atoms with Gasteiger partial charge in [-0.25, -0.2) is 9.13 Å². The maximum atomic E-state index is 13.2. The third kappa shape index (κ3) is 82.9. The fourth-order valence-corrected chi connectivity index (χ4v) is 16.0. The van der Waals surface area contributed by atoms with E-state index in [0.29, 0.717) is 25.7 Å². The van der Waals surface area contributed by atoms with Crippen LogP contribution in [-0.4, -0.2) is 96.7 Å². The highest BCUT2D eigenvalue weighted by Crippen LogP contribution is 2.45. The molecule has 0 rings (SSSR count). The molecule has 7 atom stereocenters. The molecule has 660 valence electrons. The van der Waals surface area contributed by atoms with Crippen LogP contribution < -0.4 is 0 Å². The van der Waals surface area contributed by atoms with Crippen molar-refractivity contribution in [3.8, 4) is 0 Å². The molecule has 17 nitrogen and oxygen atoms in total. The number of phosphoric acid groups is 2. The predicted molar refractivity (Wildman–Crippen MR) is 460 cm³/mol. The van der Waals surface area contributed by atoms with Crippen LogP contribution in [0.2, 0.25) is 0 Å². The van der Waals surface area contributed by atoms with Gasteiger partial charge in [0.15, 0.2) is 12.2 Å². The molecule has 0 aromatic rings. The van der Waals surface area contributed by atoms with Crippen LogP contribution in [0.1, 0.15) is 497 Å². The molecule has 4 unspecified atom stereocenters.